The third-order valence-electron chi connectivity index (χ3n) is 11.3. The van der Waals surface area contributed by atoms with Crippen molar-refractivity contribution >= 4 is 17.9 Å². The molecule has 3 aromatic carbocycles. The van der Waals surface area contributed by atoms with Crippen LogP contribution in [0.15, 0.2) is 109 Å². The van der Waals surface area contributed by atoms with Gasteiger partial charge in [-0.05, 0) is 112 Å². The van der Waals surface area contributed by atoms with Crippen LogP contribution in [0.2, 0.25) is 0 Å². The summed E-state index contributed by atoms with van der Waals surface area (Å²) in [5.74, 6) is 16.0. The Morgan fingerprint density at radius 3 is 1.09 bits per heavy atom. The van der Waals surface area contributed by atoms with Crippen LogP contribution < -0.4 is 10.5 Å². The summed E-state index contributed by atoms with van der Waals surface area (Å²) in [5.41, 5.74) is 12.9. The van der Waals surface area contributed by atoms with E-state index in [1.807, 2.05) is 98.8 Å². The maximum absolute atomic E-state index is 12.4. The molecule has 0 saturated carbocycles. The number of rotatable bonds is 13. The number of ether oxygens (including phenoxy) is 1. The molecule has 4 heterocycles. The second-order valence-electron chi connectivity index (χ2n) is 16.9. The van der Waals surface area contributed by atoms with Gasteiger partial charge in [0.15, 0.2) is 0 Å². The van der Waals surface area contributed by atoms with Gasteiger partial charge in [0.05, 0.1) is 23.7 Å². The Bertz CT molecular complexity index is 2890. The third kappa shape index (κ3) is 15.2. The van der Waals surface area contributed by atoms with E-state index >= 15 is 0 Å². The Labute approximate surface area is 407 Å². The van der Waals surface area contributed by atoms with Crippen LogP contribution in [0.5, 0.6) is 5.75 Å². The van der Waals surface area contributed by atoms with Crippen molar-refractivity contribution in [1.29, 1.82) is 0 Å². The predicted octanol–water partition coefficient (Wildman–Crippen LogP) is 6.33. The molecule has 354 valence electrons. The van der Waals surface area contributed by atoms with Crippen molar-refractivity contribution in [3.8, 4) is 41.3 Å². The van der Waals surface area contributed by atoms with E-state index in [1.165, 1.54) is 18.2 Å². The van der Waals surface area contributed by atoms with Crippen LogP contribution in [-0.4, -0.2) is 115 Å². The SMILES string of the molecule is Cc1ccc(C#Cc2cc(CN3CCN(Cc4cc(C#Cc5ccc(C)cc5)cc(C(=O)O)n4)CCN(Cc4cc(C#Cc5ccc(OCCCN)cc5)cc(C(=O)O)n4)CC3)nc(C(=O)O)c2)cc1. The minimum absolute atomic E-state index is 0.114. The largest absolute Gasteiger partial charge is 0.494 e. The smallest absolute Gasteiger partial charge is 0.354 e. The van der Waals surface area contributed by atoms with Gasteiger partial charge in [0.2, 0.25) is 0 Å². The Kier molecular flexibility index (Phi) is 17.2. The van der Waals surface area contributed by atoms with Crippen molar-refractivity contribution in [3.05, 3.63) is 188 Å². The van der Waals surface area contributed by atoms with Gasteiger partial charge in [0, 0.05) is 92.3 Å². The second kappa shape index (κ2) is 24.2. The first-order valence-electron chi connectivity index (χ1n) is 22.9. The zero-order valence-electron chi connectivity index (χ0n) is 39.1. The minimum Gasteiger partial charge on any atom is -0.494 e. The maximum Gasteiger partial charge on any atom is 0.354 e. The Hall–Kier alpha value is -8.16. The minimum atomic E-state index is -1.18. The number of carboxylic acid groups (broad SMARTS) is 3. The monoisotopic (exact) mass is 935 g/mol. The quantitative estimate of drug-likeness (QED) is 0.0741. The number of aryl methyl sites for hydroxylation is 2. The average molecular weight is 936 g/mol. The molecule has 0 amide bonds. The predicted molar refractivity (Wildman–Crippen MR) is 265 cm³/mol. The van der Waals surface area contributed by atoms with Crippen LogP contribution in [-0.2, 0) is 19.6 Å². The van der Waals surface area contributed by atoms with Crippen LogP contribution in [0.1, 0.15) is 99.5 Å². The first-order chi connectivity index (χ1) is 33.8. The number of aromatic nitrogens is 3. The van der Waals surface area contributed by atoms with Gasteiger partial charge in [0.25, 0.3) is 0 Å². The third-order valence-corrected chi connectivity index (χ3v) is 11.3. The van der Waals surface area contributed by atoms with Gasteiger partial charge in [-0.25, -0.2) is 29.3 Å². The molecule has 70 heavy (non-hydrogen) atoms. The van der Waals surface area contributed by atoms with Gasteiger partial charge in [-0.3, -0.25) is 14.7 Å². The zero-order valence-corrected chi connectivity index (χ0v) is 39.1. The van der Waals surface area contributed by atoms with Crippen molar-refractivity contribution in [1.82, 2.24) is 29.7 Å². The normalized spacial score (nSPS) is 13.2. The molecule has 14 heteroatoms. The summed E-state index contributed by atoms with van der Waals surface area (Å²) in [4.78, 5) is 57.1. The summed E-state index contributed by atoms with van der Waals surface area (Å²) in [5, 5.41) is 30.2. The number of carboxylic acids is 3. The van der Waals surface area contributed by atoms with E-state index in [2.05, 4.69) is 65.2 Å². The van der Waals surface area contributed by atoms with Crippen molar-refractivity contribution in [2.75, 3.05) is 52.4 Å². The number of nitrogens with zero attached hydrogens (tertiary/aromatic N) is 6. The lowest BCUT2D eigenvalue weighted by atomic mass is 10.1. The van der Waals surface area contributed by atoms with Crippen molar-refractivity contribution in [2.45, 2.75) is 39.9 Å². The molecule has 1 fully saturated rings. The van der Waals surface area contributed by atoms with Gasteiger partial charge in [-0.1, -0.05) is 70.9 Å². The topological polar surface area (TPSA) is 196 Å². The van der Waals surface area contributed by atoms with E-state index in [-0.39, 0.29) is 17.1 Å². The molecule has 0 aliphatic carbocycles. The fourth-order valence-corrected chi connectivity index (χ4v) is 7.51. The Balaban J connectivity index is 1.17. The molecule has 0 radical (unpaired) electrons. The van der Waals surface area contributed by atoms with Crippen LogP contribution in [0.3, 0.4) is 0 Å². The fourth-order valence-electron chi connectivity index (χ4n) is 7.51. The van der Waals surface area contributed by atoms with Crippen LogP contribution in [0, 0.1) is 49.4 Å². The van der Waals surface area contributed by atoms with Crippen LogP contribution >= 0.6 is 0 Å². The molecular weight excluding hydrogens is 883 g/mol. The summed E-state index contributed by atoms with van der Waals surface area (Å²) in [6.45, 7) is 9.20. The van der Waals surface area contributed by atoms with Crippen LogP contribution in [0.25, 0.3) is 0 Å². The number of nitrogens with two attached hydrogens (primary N) is 1. The molecule has 5 N–H and O–H groups in total. The van der Waals surface area contributed by atoms with Gasteiger partial charge < -0.3 is 25.8 Å². The van der Waals surface area contributed by atoms with E-state index in [1.54, 1.807) is 6.07 Å². The zero-order chi connectivity index (χ0) is 49.4. The van der Waals surface area contributed by atoms with Crippen molar-refractivity contribution in [3.63, 3.8) is 0 Å². The van der Waals surface area contributed by atoms with Gasteiger partial charge in [-0.2, -0.15) is 0 Å². The first-order valence-corrected chi connectivity index (χ1v) is 22.9. The lowest BCUT2D eigenvalue weighted by Gasteiger charge is -2.25. The number of hydrogen-bond donors (Lipinski definition) is 4. The van der Waals surface area contributed by atoms with Gasteiger partial charge in [-0.15, -0.1) is 0 Å². The summed E-state index contributed by atoms with van der Waals surface area (Å²) < 4.78 is 5.71. The standard InChI is InChI=1S/C56H53N7O7/c1-39-4-8-41(9-5-39)12-15-44-30-47(58-51(33-44)54(64)65)36-61-23-24-62(37-48-31-45(34-52(59-48)55(66)67)16-13-42-10-6-40(2)7-11-42)26-28-63(27-25-61)38-49-32-46(35-53(60-49)56(68)69)17-14-43-18-20-50(21-19-43)70-29-3-22-57/h4-11,18-21,30-35H,3,22-29,36-38,57H2,1-2H3,(H,64,65)(H,66,67)(H,68,69). The molecule has 6 aromatic rings. The number of aromatic carboxylic acids is 3. The van der Waals surface area contributed by atoms with Gasteiger partial charge in [0.1, 0.15) is 22.8 Å². The van der Waals surface area contributed by atoms with E-state index < -0.39 is 17.9 Å². The highest BCUT2D eigenvalue weighted by atomic mass is 16.5. The van der Waals surface area contributed by atoms with E-state index in [0.717, 1.165) is 34.2 Å². The van der Waals surface area contributed by atoms with E-state index in [0.29, 0.717) is 112 Å². The molecule has 7 rings (SSSR count). The molecule has 0 spiro atoms. The van der Waals surface area contributed by atoms with Crippen LogP contribution in [0.4, 0.5) is 0 Å². The lowest BCUT2D eigenvalue weighted by molar-refractivity contribution is 0.0679. The molecule has 1 aliphatic rings. The molecule has 14 nitrogen and oxygen atoms in total. The maximum atomic E-state index is 12.4. The lowest BCUT2D eigenvalue weighted by Crippen LogP contribution is -2.36. The number of pyridine rings is 3. The van der Waals surface area contributed by atoms with Crippen molar-refractivity contribution < 1.29 is 34.4 Å². The average Bonchev–Trinajstić information content (AvgIpc) is 3.43. The molecule has 3 aromatic heterocycles. The highest BCUT2D eigenvalue weighted by Crippen LogP contribution is 2.17. The molecule has 0 unspecified atom stereocenters. The highest BCUT2D eigenvalue weighted by molar-refractivity contribution is 5.87. The summed E-state index contributed by atoms with van der Waals surface area (Å²) >= 11 is 0. The molecule has 0 atom stereocenters. The second-order valence-corrected chi connectivity index (χ2v) is 16.9. The Morgan fingerprint density at radius 1 is 0.486 bits per heavy atom. The number of hydrogen-bond acceptors (Lipinski definition) is 11. The van der Waals surface area contributed by atoms with Crippen molar-refractivity contribution in [2.24, 2.45) is 5.73 Å². The summed E-state index contributed by atoms with van der Waals surface area (Å²) in [6.07, 6.45) is 0.742. The number of benzene rings is 3. The molecular formula is C56H53N7O7. The first kappa shape index (κ1) is 49.7. The molecule has 1 aliphatic heterocycles. The summed E-state index contributed by atoms with van der Waals surface area (Å²) in [7, 11) is 0. The van der Waals surface area contributed by atoms with E-state index in [4.69, 9.17) is 10.5 Å². The molecule has 0 bridgehead atoms. The fraction of sp³-hybridized carbons (Fsp3) is 0.250. The summed E-state index contributed by atoms with van der Waals surface area (Å²) in [6, 6.07) is 32.7. The number of carbonyl (C=O) groups is 3. The van der Waals surface area contributed by atoms with E-state index in [9.17, 15) is 29.7 Å². The highest BCUT2D eigenvalue weighted by Gasteiger charge is 2.21. The Morgan fingerprint density at radius 2 is 0.786 bits per heavy atom. The van der Waals surface area contributed by atoms with Gasteiger partial charge >= 0.3 is 17.9 Å². The molecule has 1 saturated heterocycles.